The number of carboxylic acids is 1. The first-order valence-corrected chi connectivity index (χ1v) is 20.0. The lowest BCUT2D eigenvalue weighted by Gasteiger charge is -2.27. The van der Waals surface area contributed by atoms with E-state index in [0.29, 0.717) is 64.6 Å². The first kappa shape index (κ1) is 53.7. The number of aliphatic imine (C=N–C) groups is 2. The average Bonchev–Trinajstić information content (AvgIpc) is 3.17. The molecule has 338 valence electrons. The van der Waals surface area contributed by atoms with Crippen molar-refractivity contribution in [2.24, 2.45) is 61.6 Å². The van der Waals surface area contributed by atoms with Crippen LogP contribution in [0, 0.1) is 0 Å². The van der Waals surface area contributed by atoms with Crippen LogP contribution in [0.4, 0.5) is 0 Å². The number of hydrogen-bond acceptors (Lipinski definition) is 13. The molecule has 0 fully saturated rings. The minimum atomic E-state index is -1.43. The van der Waals surface area contributed by atoms with Crippen molar-refractivity contribution in [3.05, 3.63) is 0 Å². The van der Waals surface area contributed by atoms with Gasteiger partial charge in [-0.05, 0) is 110 Å². The summed E-state index contributed by atoms with van der Waals surface area (Å²) < 4.78 is 0. The number of guanidine groups is 2. The lowest BCUT2D eigenvalue weighted by molar-refractivity contribution is -0.142. The Balaban J connectivity index is 6.41. The number of primary amides is 1. The summed E-state index contributed by atoms with van der Waals surface area (Å²) in [6, 6.07) is -7.40. The predicted octanol–water partition coefficient (Wildman–Crippen LogP) is -5.42. The van der Waals surface area contributed by atoms with Crippen LogP contribution in [0.3, 0.4) is 0 Å². The van der Waals surface area contributed by atoms with E-state index in [4.69, 9.17) is 51.6 Å². The number of unbranched alkanes of at least 4 members (excludes halogenated alkanes) is 3. The van der Waals surface area contributed by atoms with Crippen molar-refractivity contribution >= 4 is 53.3 Å². The number of amides is 6. The maximum absolute atomic E-state index is 13.9. The van der Waals surface area contributed by atoms with Gasteiger partial charge in [0.2, 0.25) is 35.4 Å². The Morgan fingerprint density at radius 2 is 0.763 bits per heavy atom. The average molecular weight is 843 g/mol. The summed E-state index contributed by atoms with van der Waals surface area (Å²) in [7, 11) is 0. The van der Waals surface area contributed by atoms with Crippen molar-refractivity contribution < 1.29 is 38.7 Å². The zero-order valence-electron chi connectivity index (χ0n) is 34.0. The number of nitrogens with two attached hydrogens (primary N) is 9. The van der Waals surface area contributed by atoms with Gasteiger partial charge in [0, 0.05) is 19.5 Å². The maximum atomic E-state index is 13.9. The van der Waals surface area contributed by atoms with Crippen molar-refractivity contribution in [3.8, 4) is 0 Å². The monoisotopic (exact) mass is 843 g/mol. The number of nitrogens with zero attached hydrogens (tertiary/aromatic N) is 2. The fourth-order valence-electron chi connectivity index (χ4n) is 5.62. The smallest absolute Gasteiger partial charge is 0.326 e. The Bertz CT molecular complexity index is 1380. The maximum Gasteiger partial charge on any atom is 0.326 e. The van der Waals surface area contributed by atoms with E-state index in [1.807, 2.05) is 0 Å². The van der Waals surface area contributed by atoms with Gasteiger partial charge in [-0.15, -0.1) is 0 Å². The normalized spacial score (nSPS) is 13.9. The van der Waals surface area contributed by atoms with Crippen LogP contribution in [-0.2, 0) is 33.6 Å². The van der Waals surface area contributed by atoms with Gasteiger partial charge in [-0.3, -0.25) is 38.8 Å². The Morgan fingerprint density at radius 3 is 1.12 bits per heavy atom. The van der Waals surface area contributed by atoms with Crippen molar-refractivity contribution in [1.29, 1.82) is 0 Å². The Labute approximate surface area is 345 Å². The number of carbonyl (C=O) groups is 7. The van der Waals surface area contributed by atoms with E-state index in [2.05, 4.69) is 36.6 Å². The molecule has 0 saturated carbocycles. The number of hydrogen-bond donors (Lipinski definition) is 15. The van der Waals surface area contributed by atoms with E-state index in [1.54, 1.807) is 0 Å². The molecule has 24 heteroatoms. The van der Waals surface area contributed by atoms with Crippen molar-refractivity contribution in [3.63, 3.8) is 0 Å². The summed E-state index contributed by atoms with van der Waals surface area (Å²) in [6.07, 6.45) is 3.23. The Kier molecular flexibility index (Phi) is 28.8. The van der Waals surface area contributed by atoms with Crippen LogP contribution in [0.2, 0.25) is 0 Å². The fourth-order valence-corrected chi connectivity index (χ4v) is 5.62. The highest BCUT2D eigenvalue weighted by molar-refractivity contribution is 5.96. The molecule has 0 saturated heterocycles. The third kappa shape index (κ3) is 25.6. The lowest BCUT2D eigenvalue weighted by atomic mass is 10.0. The molecule has 24 N–H and O–H groups in total. The van der Waals surface area contributed by atoms with E-state index in [0.717, 1.165) is 0 Å². The predicted molar refractivity (Wildman–Crippen MR) is 222 cm³/mol. The van der Waals surface area contributed by atoms with Crippen LogP contribution in [0.25, 0.3) is 0 Å². The molecule has 0 aromatic rings. The third-order valence-electron chi connectivity index (χ3n) is 8.92. The Hall–Kier alpha value is -5.33. The molecule has 6 atom stereocenters. The molecule has 0 unspecified atom stereocenters. The van der Waals surface area contributed by atoms with Gasteiger partial charge in [-0.1, -0.05) is 0 Å². The van der Waals surface area contributed by atoms with Crippen LogP contribution in [0.5, 0.6) is 0 Å². The molecule has 0 aromatic carbocycles. The summed E-state index contributed by atoms with van der Waals surface area (Å²) in [5.74, 6) is -6.23. The largest absolute Gasteiger partial charge is 0.480 e. The third-order valence-corrected chi connectivity index (χ3v) is 8.92. The molecule has 0 spiro atoms. The SMILES string of the molecule is NCCCC[C@H](NC(=O)[C@H](CCC(N)=O)NC(=O)[C@H](CCCN=C(N)N)NC(=O)[C@H](CCCCN)NC(=O)[C@H](CCCCN)NC(=O)[C@@H](N)CCCN=C(N)N)C(=O)O. The van der Waals surface area contributed by atoms with E-state index >= 15 is 0 Å². The number of carbonyl (C=O) groups excluding carboxylic acids is 6. The molecule has 0 heterocycles. The van der Waals surface area contributed by atoms with Crippen LogP contribution in [0.1, 0.15) is 96.3 Å². The zero-order chi connectivity index (χ0) is 44.8. The quantitative estimate of drug-likeness (QED) is 0.0163. The van der Waals surface area contributed by atoms with E-state index in [9.17, 15) is 38.7 Å². The second-order valence-electron chi connectivity index (χ2n) is 14.0. The summed E-state index contributed by atoms with van der Waals surface area (Å²) >= 11 is 0. The topological polar surface area (TPSA) is 459 Å². The molecule has 0 rings (SSSR count). The molecular weight excluding hydrogens is 772 g/mol. The molecular formula is C35H70N16O8. The Morgan fingerprint density at radius 1 is 0.441 bits per heavy atom. The second kappa shape index (κ2) is 31.6. The van der Waals surface area contributed by atoms with Gasteiger partial charge in [-0.25, -0.2) is 4.79 Å². The molecule has 0 aliphatic carbocycles. The van der Waals surface area contributed by atoms with Gasteiger partial charge in [-0.2, -0.15) is 0 Å². The molecule has 0 bridgehead atoms. The minimum Gasteiger partial charge on any atom is -0.480 e. The van der Waals surface area contributed by atoms with Gasteiger partial charge in [0.15, 0.2) is 11.9 Å². The van der Waals surface area contributed by atoms with Crippen molar-refractivity contribution in [2.75, 3.05) is 32.7 Å². The molecule has 59 heavy (non-hydrogen) atoms. The molecule has 0 aromatic heterocycles. The van der Waals surface area contributed by atoms with Crippen molar-refractivity contribution in [2.45, 2.75) is 133 Å². The van der Waals surface area contributed by atoms with E-state index in [-0.39, 0.29) is 76.4 Å². The van der Waals surface area contributed by atoms with Gasteiger partial charge in [0.05, 0.1) is 6.04 Å². The van der Waals surface area contributed by atoms with Gasteiger partial charge in [0.1, 0.15) is 30.2 Å². The summed E-state index contributed by atoms with van der Waals surface area (Å²) in [5, 5.41) is 22.6. The number of rotatable bonds is 34. The van der Waals surface area contributed by atoms with Crippen LogP contribution >= 0.6 is 0 Å². The molecule has 24 nitrogen and oxygen atoms in total. The summed E-state index contributed by atoms with van der Waals surface area (Å²) in [5.41, 5.74) is 49.8. The lowest BCUT2D eigenvalue weighted by Crippen LogP contribution is -2.59. The number of carboxylic acid groups (broad SMARTS) is 1. The van der Waals surface area contributed by atoms with Crippen LogP contribution in [0.15, 0.2) is 9.98 Å². The highest BCUT2D eigenvalue weighted by Crippen LogP contribution is 2.10. The highest BCUT2D eigenvalue weighted by atomic mass is 16.4. The second-order valence-corrected chi connectivity index (χ2v) is 14.0. The highest BCUT2D eigenvalue weighted by Gasteiger charge is 2.33. The van der Waals surface area contributed by atoms with Crippen LogP contribution < -0.4 is 78.2 Å². The standard InChI is InChI=1S/C35H70N16O8/c36-16-4-1-10-22(47-28(53)21(39)9-7-19-45-34(41)42)29(54)48-23(11-2-5-17-37)30(55)49-24(13-8-20-46-35(43)44)31(56)50-25(14-15-27(40)52)32(57)51-26(33(58)59)12-3-6-18-38/h21-26H,1-20,36-39H2,(H2,40,52)(H,47,53)(H,48,54)(H,49,55)(H,50,56)(H,51,57)(H,58,59)(H4,41,42,45)(H4,43,44,46)/t21-,22-,23-,24-,25-,26-/m0/s1. The number of nitrogens with one attached hydrogen (secondary N) is 5. The molecule has 6 amide bonds. The van der Waals surface area contributed by atoms with Crippen molar-refractivity contribution in [1.82, 2.24) is 26.6 Å². The molecule has 0 radical (unpaired) electrons. The van der Waals surface area contributed by atoms with Gasteiger partial charge >= 0.3 is 5.97 Å². The van der Waals surface area contributed by atoms with Gasteiger partial charge < -0.3 is 83.3 Å². The molecule has 0 aliphatic rings. The van der Waals surface area contributed by atoms with E-state index < -0.39 is 77.7 Å². The first-order chi connectivity index (χ1) is 28.0. The van der Waals surface area contributed by atoms with E-state index in [1.165, 1.54) is 0 Å². The fraction of sp³-hybridized carbons (Fsp3) is 0.743. The zero-order valence-corrected chi connectivity index (χ0v) is 34.0. The molecule has 0 aliphatic heterocycles. The first-order valence-electron chi connectivity index (χ1n) is 20.0. The number of aliphatic carboxylic acids is 1. The van der Waals surface area contributed by atoms with Crippen LogP contribution in [-0.4, -0.2) is 127 Å². The summed E-state index contributed by atoms with van der Waals surface area (Å²) in [6.45, 7) is 1.26. The summed E-state index contributed by atoms with van der Waals surface area (Å²) in [4.78, 5) is 99.2. The minimum absolute atomic E-state index is 0.0561. The van der Waals surface area contributed by atoms with Gasteiger partial charge in [0.25, 0.3) is 0 Å².